The van der Waals surface area contributed by atoms with Crippen LogP contribution in [0.2, 0.25) is 0 Å². The third-order valence-electron chi connectivity index (χ3n) is 2.98. The van der Waals surface area contributed by atoms with Gasteiger partial charge in [0.1, 0.15) is 18.3 Å². The normalized spacial score (nSPS) is 17.9. The van der Waals surface area contributed by atoms with Crippen molar-refractivity contribution in [2.75, 3.05) is 26.4 Å². The fraction of sp³-hybridized carbons (Fsp3) is 0.500. The van der Waals surface area contributed by atoms with Crippen LogP contribution in [0.3, 0.4) is 0 Å². The zero-order chi connectivity index (χ0) is 11.7. The fourth-order valence-electron chi connectivity index (χ4n) is 1.73. The Hall–Kier alpha value is -1.73. The molecule has 0 saturated carbocycles. The third-order valence-corrected chi connectivity index (χ3v) is 2.98. The lowest BCUT2D eigenvalue weighted by molar-refractivity contribution is -0.125. The summed E-state index contributed by atoms with van der Waals surface area (Å²) >= 11 is 0. The first-order valence-electron chi connectivity index (χ1n) is 5.38. The van der Waals surface area contributed by atoms with Gasteiger partial charge in [0.2, 0.25) is 5.88 Å². The lowest BCUT2D eigenvalue weighted by Crippen LogP contribution is -2.52. The number of fused-ring (bicyclic) bond motifs is 1. The molecular formula is C10H13N5O2. The summed E-state index contributed by atoms with van der Waals surface area (Å²) < 4.78 is 10.9. The molecule has 7 heteroatoms. The summed E-state index contributed by atoms with van der Waals surface area (Å²) in [4.78, 5) is 8.14. The Balaban J connectivity index is 1.78. The highest BCUT2D eigenvalue weighted by Gasteiger charge is 2.38. The van der Waals surface area contributed by atoms with Crippen molar-refractivity contribution in [3.05, 3.63) is 12.5 Å². The maximum Gasteiger partial charge on any atom is 0.227 e. The molecule has 0 radical (unpaired) electrons. The van der Waals surface area contributed by atoms with Crippen LogP contribution in [0.5, 0.6) is 5.88 Å². The van der Waals surface area contributed by atoms with Crippen molar-refractivity contribution in [1.29, 1.82) is 0 Å². The largest absolute Gasteiger partial charge is 0.476 e. The van der Waals surface area contributed by atoms with Crippen molar-refractivity contribution in [2.45, 2.75) is 0 Å². The van der Waals surface area contributed by atoms with Crippen molar-refractivity contribution < 1.29 is 9.47 Å². The number of rotatable bonds is 4. The average Bonchev–Trinajstić information content (AvgIpc) is 2.77. The maximum atomic E-state index is 5.71. The molecular weight excluding hydrogens is 222 g/mol. The monoisotopic (exact) mass is 235 g/mol. The van der Waals surface area contributed by atoms with E-state index in [9.17, 15) is 0 Å². The molecule has 2 aromatic rings. The minimum Gasteiger partial charge on any atom is -0.476 e. The number of nitrogens with one attached hydrogen (secondary N) is 1. The summed E-state index contributed by atoms with van der Waals surface area (Å²) in [6.45, 7) is 2.33. The number of ether oxygens (including phenoxy) is 2. The minimum absolute atomic E-state index is 0.0684. The topological polar surface area (TPSA) is 98.9 Å². The first-order valence-corrected chi connectivity index (χ1v) is 5.38. The molecule has 0 bridgehead atoms. The second kappa shape index (κ2) is 3.94. The highest BCUT2D eigenvalue weighted by Crippen LogP contribution is 2.28. The summed E-state index contributed by atoms with van der Waals surface area (Å²) in [6, 6.07) is 0. The van der Waals surface area contributed by atoms with Crippen LogP contribution in [0.25, 0.3) is 11.0 Å². The third kappa shape index (κ3) is 1.73. The Morgan fingerprint density at radius 2 is 2.35 bits per heavy atom. The fourth-order valence-corrected chi connectivity index (χ4v) is 1.73. The molecule has 3 rings (SSSR count). The van der Waals surface area contributed by atoms with Crippen LogP contribution < -0.4 is 10.5 Å². The van der Waals surface area contributed by atoms with E-state index in [1.165, 1.54) is 6.33 Å². The van der Waals surface area contributed by atoms with Crippen molar-refractivity contribution >= 4 is 11.0 Å². The van der Waals surface area contributed by atoms with Crippen LogP contribution in [0.4, 0.5) is 0 Å². The van der Waals surface area contributed by atoms with Gasteiger partial charge in [-0.3, -0.25) is 5.10 Å². The number of nitrogens with zero attached hydrogens (tertiary/aromatic N) is 3. The van der Waals surface area contributed by atoms with Gasteiger partial charge in [-0.25, -0.2) is 9.97 Å². The average molecular weight is 235 g/mol. The smallest absolute Gasteiger partial charge is 0.227 e. The quantitative estimate of drug-likeness (QED) is 0.755. The van der Waals surface area contributed by atoms with Gasteiger partial charge in [-0.15, -0.1) is 0 Å². The highest BCUT2D eigenvalue weighted by molar-refractivity contribution is 5.78. The Morgan fingerprint density at radius 1 is 1.47 bits per heavy atom. The molecule has 0 atom stereocenters. The Bertz CT molecular complexity index is 517. The van der Waals surface area contributed by atoms with E-state index >= 15 is 0 Å². The van der Waals surface area contributed by atoms with E-state index in [0.717, 1.165) is 5.39 Å². The molecule has 1 aliphatic rings. The number of nitrogens with two attached hydrogens (primary N) is 1. The molecule has 1 saturated heterocycles. The number of H-pyrrole nitrogens is 1. The second-order valence-electron chi connectivity index (χ2n) is 4.30. The van der Waals surface area contributed by atoms with Crippen LogP contribution >= 0.6 is 0 Å². The SMILES string of the molecule is NCC1(COc2ncnc3[nH]ncc23)COC1. The van der Waals surface area contributed by atoms with Gasteiger partial charge in [0.25, 0.3) is 0 Å². The maximum absolute atomic E-state index is 5.71. The summed E-state index contributed by atoms with van der Waals surface area (Å²) in [5.74, 6) is 0.531. The van der Waals surface area contributed by atoms with Gasteiger partial charge < -0.3 is 15.2 Å². The molecule has 1 aliphatic heterocycles. The molecule has 17 heavy (non-hydrogen) atoms. The number of aromatic amines is 1. The Kier molecular flexibility index (Phi) is 2.41. The van der Waals surface area contributed by atoms with Gasteiger partial charge in [0.15, 0.2) is 5.65 Å². The molecule has 1 fully saturated rings. The van der Waals surface area contributed by atoms with E-state index < -0.39 is 0 Å². The zero-order valence-electron chi connectivity index (χ0n) is 9.22. The van der Waals surface area contributed by atoms with E-state index in [0.29, 0.717) is 37.9 Å². The standard InChI is InChI=1S/C10H13N5O2/c11-2-10(3-16-4-10)5-17-9-7-1-14-15-8(7)12-6-13-9/h1,6H,2-5,11H2,(H,12,13,14,15). The number of hydrogen-bond donors (Lipinski definition) is 2. The molecule has 0 unspecified atom stereocenters. The van der Waals surface area contributed by atoms with Crippen molar-refractivity contribution in [2.24, 2.45) is 11.1 Å². The van der Waals surface area contributed by atoms with Gasteiger partial charge >= 0.3 is 0 Å². The summed E-state index contributed by atoms with van der Waals surface area (Å²) in [5, 5.41) is 7.45. The van der Waals surface area contributed by atoms with E-state index in [1.54, 1.807) is 6.20 Å². The van der Waals surface area contributed by atoms with Crippen LogP contribution in [-0.2, 0) is 4.74 Å². The van der Waals surface area contributed by atoms with Gasteiger partial charge in [-0.1, -0.05) is 0 Å². The molecule has 3 N–H and O–H groups in total. The molecule has 7 nitrogen and oxygen atoms in total. The molecule has 2 aromatic heterocycles. The summed E-state index contributed by atoms with van der Waals surface area (Å²) in [5.41, 5.74) is 6.31. The number of aromatic nitrogens is 4. The summed E-state index contributed by atoms with van der Waals surface area (Å²) in [7, 11) is 0. The molecule has 0 aliphatic carbocycles. The van der Waals surface area contributed by atoms with Gasteiger partial charge in [-0.05, 0) is 0 Å². The van der Waals surface area contributed by atoms with E-state index in [4.69, 9.17) is 15.2 Å². The van der Waals surface area contributed by atoms with Crippen LogP contribution in [0.15, 0.2) is 12.5 Å². The van der Waals surface area contributed by atoms with E-state index in [1.807, 2.05) is 0 Å². The lowest BCUT2D eigenvalue weighted by atomic mass is 9.87. The van der Waals surface area contributed by atoms with Crippen molar-refractivity contribution in [1.82, 2.24) is 20.2 Å². The van der Waals surface area contributed by atoms with E-state index in [2.05, 4.69) is 20.2 Å². The summed E-state index contributed by atoms with van der Waals surface area (Å²) in [6.07, 6.45) is 3.10. The van der Waals surface area contributed by atoms with Crippen LogP contribution in [-0.4, -0.2) is 46.5 Å². The molecule has 90 valence electrons. The van der Waals surface area contributed by atoms with Gasteiger partial charge in [0.05, 0.1) is 24.8 Å². The molecule has 0 spiro atoms. The first-order chi connectivity index (χ1) is 8.33. The molecule has 0 aromatic carbocycles. The van der Waals surface area contributed by atoms with Crippen LogP contribution in [0.1, 0.15) is 0 Å². The first kappa shape index (κ1) is 10.4. The van der Waals surface area contributed by atoms with Gasteiger partial charge in [-0.2, -0.15) is 5.10 Å². The molecule has 0 amide bonds. The van der Waals surface area contributed by atoms with Gasteiger partial charge in [0, 0.05) is 6.54 Å². The Labute approximate surface area is 97.3 Å². The minimum atomic E-state index is -0.0684. The Morgan fingerprint density at radius 3 is 3.06 bits per heavy atom. The predicted molar refractivity (Wildman–Crippen MR) is 59.5 cm³/mol. The lowest BCUT2D eigenvalue weighted by Gasteiger charge is -2.39. The van der Waals surface area contributed by atoms with Crippen LogP contribution in [0, 0.1) is 5.41 Å². The van der Waals surface area contributed by atoms with Crippen molar-refractivity contribution in [3.63, 3.8) is 0 Å². The molecule has 3 heterocycles. The zero-order valence-corrected chi connectivity index (χ0v) is 9.22. The highest BCUT2D eigenvalue weighted by atomic mass is 16.5. The van der Waals surface area contributed by atoms with E-state index in [-0.39, 0.29) is 5.41 Å². The number of hydrogen-bond acceptors (Lipinski definition) is 6. The van der Waals surface area contributed by atoms with Crippen molar-refractivity contribution in [3.8, 4) is 5.88 Å². The second-order valence-corrected chi connectivity index (χ2v) is 4.30. The predicted octanol–water partition coefficient (Wildman–Crippen LogP) is -0.293.